The maximum atomic E-state index is 8.97. The summed E-state index contributed by atoms with van der Waals surface area (Å²) in [5, 5.41) is 12.3. The highest BCUT2D eigenvalue weighted by atomic mass is 79.9. The summed E-state index contributed by atoms with van der Waals surface area (Å²) in [7, 11) is 0. The van der Waals surface area contributed by atoms with Crippen molar-refractivity contribution in [1.82, 2.24) is 9.97 Å². The molecule has 2 rings (SSSR count). The van der Waals surface area contributed by atoms with Gasteiger partial charge in [-0.1, -0.05) is 0 Å². The Morgan fingerprint density at radius 1 is 1.50 bits per heavy atom. The van der Waals surface area contributed by atoms with E-state index in [0.717, 1.165) is 29.2 Å². The zero-order chi connectivity index (χ0) is 11.6. The molecule has 2 N–H and O–H groups in total. The second-order valence-electron chi connectivity index (χ2n) is 4.45. The standard InChI is InChI=1S/C11H16BrN3O/c1-8-14-9(12)6-10(15-8)13-7-11(2-3-11)4-5-16/h6,16H,2-5,7H2,1H3,(H,13,14,15). The zero-order valence-electron chi connectivity index (χ0n) is 9.33. The van der Waals surface area contributed by atoms with Crippen LogP contribution in [0.1, 0.15) is 25.1 Å². The molecule has 0 radical (unpaired) electrons. The van der Waals surface area contributed by atoms with E-state index in [0.29, 0.717) is 5.41 Å². The average molecular weight is 286 g/mol. The summed E-state index contributed by atoms with van der Waals surface area (Å²) < 4.78 is 0.800. The van der Waals surface area contributed by atoms with Crippen LogP contribution in [0, 0.1) is 12.3 Å². The van der Waals surface area contributed by atoms with Crippen molar-refractivity contribution in [2.75, 3.05) is 18.5 Å². The molecule has 5 heteroatoms. The van der Waals surface area contributed by atoms with E-state index in [9.17, 15) is 0 Å². The number of anilines is 1. The SMILES string of the molecule is Cc1nc(Br)cc(NCC2(CCO)CC2)n1. The van der Waals surface area contributed by atoms with Crippen molar-refractivity contribution < 1.29 is 5.11 Å². The van der Waals surface area contributed by atoms with Crippen LogP contribution in [0.4, 0.5) is 5.82 Å². The maximum absolute atomic E-state index is 8.97. The molecule has 0 spiro atoms. The minimum absolute atomic E-state index is 0.272. The average Bonchev–Trinajstić information content (AvgIpc) is 2.95. The highest BCUT2D eigenvalue weighted by molar-refractivity contribution is 9.10. The molecule has 16 heavy (non-hydrogen) atoms. The fourth-order valence-corrected chi connectivity index (χ4v) is 2.30. The van der Waals surface area contributed by atoms with E-state index in [-0.39, 0.29) is 6.61 Å². The van der Waals surface area contributed by atoms with Gasteiger partial charge in [-0.15, -0.1) is 0 Å². The number of rotatable bonds is 5. The Kier molecular flexibility index (Phi) is 3.44. The van der Waals surface area contributed by atoms with Crippen LogP contribution in [-0.2, 0) is 0 Å². The first-order valence-electron chi connectivity index (χ1n) is 5.49. The van der Waals surface area contributed by atoms with Gasteiger partial charge in [-0.05, 0) is 47.5 Å². The van der Waals surface area contributed by atoms with Crippen LogP contribution in [0.25, 0.3) is 0 Å². The minimum atomic E-state index is 0.272. The number of hydrogen-bond donors (Lipinski definition) is 2. The van der Waals surface area contributed by atoms with Gasteiger partial charge < -0.3 is 10.4 Å². The molecule has 1 fully saturated rings. The first kappa shape index (κ1) is 11.8. The zero-order valence-corrected chi connectivity index (χ0v) is 10.9. The third kappa shape index (κ3) is 2.92. The van der Waals surface area contributed by atoms with Crippen LogP contribution >= 0.6 is 15.9 Å². The van der Waals surface area contributed by atoms with Crippen LogP contribution in [0.5, 0.6) is 0 Å². The molecule has 0 bridgehead atoms. The third-order valence-electron chi connectivity index (χ3n) is 3.05. The molecule has 1 aromatic rings. The highest BCUT2D eigenvalue weighted by Gasteiger charge is 2.41. The van der Waals surface area contributed by atoms with E-state index in [4.69, 9.17) is 5.11 Å². The number of aromatic nitrogens is 2. The molecule has 4 nitrogen and oxygen atoms in total. The van der Waals surface area contributed by atoms with E-state index < -0.39 is 0 Å². The van der Waals surface area contributed by atoms with Gasteiger partial charge in [0.05, 0.1) is 0 Å². The summed E-state index contributed by atoms with van der Waals surface area (Å²) in [6.45, 7) is 3.03. The first-order chi connectivity index (χ1) is 7.63. The van der Waals surface area contributed by atoms with Crippen LogP contribution in [0.15, 0.2) is 10.7 Å². The molecule has 1 aliphatic rings. The second kappa shape index (κ2) is 4.67. The Labute approximate surface area is 104 Å². The summed E-state index contributed by atoms with van der Waals surface area (Å²) >= 11 is 3.35. The molecule has 1 heterocycles. The van der Waals surface area contributed by atoms with Crippen LogP contribution < -0.4 is 5.32 Å². The lowest BCUT2D eigenvalue weighted by molar-refractivity contribution is 0.253. The summed E-state index contributed by atoms with van der Waals surface area (Å²) in [6.07, 6.45) is 3.28. The van der Waals surface area contributed by atoms with Gasteiger partial charge in [0.15, 0.2) is 0 Å². The fraction of sp³-hybridized carbons (Fsp3) is 0.636. The lowest BCUT2D eigenvalue weighted by Gasteiger charge is -2.15. The number of aliphatic hydroxyl groups is 1. The molecule has 0 saturated heterocycles. The number of aliphatic hydroxyl groups excluding tert-OH is 1. The maximum Gasteiger partial charge on any atom is 0.130 e. The van der Waals surface area contributed by atoms with Crippen LogP contribution in [0.2, 0.25) is 0 Å². The molecule has 0 amide bonds. The molecule has 0 atom stereocenters. The molecule has 0 unspecified atom stereocenters. The van der Waals surface area contributed by atoms with Crippen molar-refractivity contribution in [2.24, 2.45) is 5.41 Å². The highest BCUT2D eigenvalue weighted by Crippen LogP contribution is 2.48. The van der Waals surface area contributed by atoms with Crippen molar-refractivity contribution >= 4 is 21.7 Å². The van der Waals surface area contributed by atoms with Gasteiger partial charge in [0.2, 0.25) is 0 Å². The number of nitrogens with one attached hydrogen (secondary N) is 1. The smallest absolute Gasteiger partial charge is 0.130 e. The lowest BCUT2D eigenvalue weighted by atomic mass is 10.0. The van der Waals surface area contributed by atoms with Crippen LogP contribution in [-0.4, -0.2) is 28.2 Å². The number of aryl methyl sites for hydroxylation is 1. The van der Waals surface area contributed by atoms with E-state index in [1.54, 1.807) is 0 Å². The molecular formula is C11H16BrN3O. The Morgan fingerprint density at radius 2 is 2.25 bits per heavy atom. The normalized spacial score (nSPS) is 17.2. The van der Waals surface area contributed by atoms with Crippen molar-refractivity contribution in [2.45, 2.75) is 26.2 Å². The van der Waals surface area contributed by atoms with Gasteiger partial charge in [0.25, 0.3) is 0 Å². The van der Waals surface area contributed by atoms with Gasteiger partial charge in [0, 0.05) is 19.2 Å². The van der Waals surface area contributed by atoms with E-state index >= 15 is 0 Å². The predicted molar refractivity (Wildman–Crippen MR) is 66.3 cm³/mol. The van der Waals surface area contributed by atoms with Crippen molar-refractivity contribution in [1.29, 1.82) is 0 Å². The first-order valence-corrected chi connectivity index (χ1v) is 6.29. The van der Waals surface area contributed by atoms with Crippen molar-refractivity contribution in [3.8, 4) is 0 Å². The quantitative estimate of drug-likeness (QED) is 0.814. The molecule has 1 saturated carbocycles. The summed E-state index contributed by atoms with van der Waals surface area (Å²) in [5.74, 6) is 1.60. The topological polar surface area (TPSA) is 58.0 Å². The Bertz CT molecular complexity index is 359. The second-order valence-corrected chi connectivity index (χ2v) is 5.26. The Hall–Kier alpha value is -0.680. The molecule has 1 aromatic heterocycles. The minimum Gasteiger partial charge on any atom is -0.396 e. The van der Waals surface area contributed by atoms with Crippen molar-refractivity contribution in [3.63, 3.8) is 0 Å². The molecule has 0 aromatic carbocycles. The number of halogens is 1. The Morgan fingerprint density at radius 3 is 2.81 bits per heavy atom. The summed E-state index contributed by atoms with van der Waals surface area (Å²) in [4.78, 5) is 8.47. The van der Waals surface area contributed by atoms with E-state index in [1.807, 2.05) is 13.0 Å². The van der Waals surface area contributed by atoms with E-state index in [1.165, 1.54) is 12.8 Å². The largest absolute Gasteiger partial charge is 0.396 e. The third-order valence-corrected chi connectivity index (χ3v) is 3.46. The van der Waals surface area contributed by atoms with E-state index in [2.05, 4.69) is 31.2 Å². The summed E-state index contributed by atoms with van der Waals surface area (Å²) in [6, 6.07) is 1.88. The lowest BCUT2D eigenvalue weighted by Crippen LogP contribution is -2.17. The van der Waals surface area contributed by atoms with Gasteiger partial charge in [-0.25, -0.2) is 9.97 Å². The van der Waals surface area contributed by atoms with Gasteiger partial charge in [0.1, 0.15) is 16.2 Å². The van der Waals surface area contributed by atoms with Crippen molar-refractivity contribution in [3.05, 3.63) is 16.5 Å². The van der Waals surface area contributed by atoms with Crippen LogP contribution in [0.3, 0.4) is 0 Å². The predicted octanol–water partition coefficient (Wildman–Crippen LogP) is 2.12. The molecule has 1 aliphatic carbocycles. The fourth-order valence-electron chi connectivity index (χ4n) is 1.83. The number of hydrogen-bond acceptors (Lipinski definition) is 4. The molecular weight excluding hydrogens is 270 g/mol. The molecule has 0 aliphatic heterocycles. The molecule has 88 valence electrons. The monoisotopic (exact) mass is 285 g/mol. The Balaban J connectivity index is 1.94. The van der Waals surface area contributed by atoms with Gasteiger partial charge in [-0.2, -0.15) is 0 Å². The van der Waals surface area contributed by atoms with Gasteiger partial charge >= 0.3 is 0 Å². The summed E-state index contributed by atoms with van der Waals surface area (Å²) in [5.41, 5.74) is 0.306. The number of nitrogens with zero attached hydrogens (tertiary/aromatic N) is 2. The van der Waals surface area contributed by atoms with Gasteiger partial charge in [-0.3, -0.25) is 0 Å².